The van der Waals surface area contributed by atoms with Crippen LogP contribution in [-0.2, 0) is 6.54 Å². The van der Waals surface area contributed by atoms with Gasteiger partial charge in [0.15, 0.2) is 0 Å². The lowest BCUT2D eigenvalue weighted by Gasteiger charge is -2.39. The van der Waals surface area contributed by atoms with E-state index in [4.69, 9.17) is 11.6 Å². The first-order chi connectivity index (χ1) is 16.7. The molecule has 2 atom stereocenters. The average molecular weight is 494 g/mol. The molecule has 180 valence electrons. The summed E-state index contributed by atoms with van der Waals surface area (Å²) in [5, 5.41) is 0.918. The number of carbonyl (C=O) groups excluding carboxylic acids is 1. The van der Waals surface area contributed by atoms with E-state index < -0.39 is 5.82 Å². The molecular formula is C26H25ClFN5O2. The van der Waals surface area contributed by atoms with Gasteiger partial charge in [-0.1, -0.05) is 11.6 Å². The zero-order chi connectivity index (χ0) is 24.6. The number of aryl methyl sites for hydroxylation is 1. The van der Waals surface area contributed by atoms with Crippen molar-refractivity contribution in [3.63, 3.8) is 0 Å². The van der Waals surface area contributed by atoms with E-state index >= 15 is 0 Å². The third-order valence-electron chi connectivity index (χ3n) is 7.23. The zero-order valence-electron chi connectivity index (χ0n) is 19.7. The van der Waals surface area contributed by atoms with E-state index in [1.54, 1.807) is 39.9 Å². The molecule has 0 bridgehead atoms. The second-order valence-electron chi connectivity index (χ2n) is 9.69. The lowest BCUT2D eigenvalue weighted by Crippen LogP contribution is -2.50. The van der Waals surface area contributed by atoms with Crippen LogP contribution >= 0.6 is 11.6 Å². The second-order valence-corrected chi connectivity index (χ2v) is 10.1. The quantitative estimate of drug-likeness (QED) is 0.400. The lowest BCUT2D eigenvalue weighted by atomic mass is 10.0. The van der Waals surface area contributed by atoms with E-state index in [9.17, 15) is 14.0 Å². The number of hydrogen-bond acceptors (Lipinski definition) is 3. The summed E-state index contributed by atoms with van der Waals surface area (Å²) in [6.07, 6.45) is 7.53. The van der Waals surface area contributed by atoms with Crippen molar-refractivity contribution in [3.8, 4) is 5.69 Å². The third kappa shape index (κ3) is 3.42. The van der Waals surface area contributed by atoms with Crippen molar-refractivity contribution in [1.82, 2.24) is 23.6 Å². The first kappa shape index (κ1) is 22.1. The molecule has 4 heterocycles. The standard InChI is InChI=1S/C26H25ClFN5O2/c1-14-10-30(13-29-14)22-6-7-23-26(35)33(15(2)11-32(23)25(22)34)16(3)19-12-31(17-4-5-17)24-9-21(28)20(27)8-18(19)24/h6-10,12-13,15-17H,4-5,11H2,1-3H3. The van der Waals surface area contributed by atoms with Crippen molar-refractivity contribution in [3.05, 3.63) is 81.1 Å². The Morgan fingerprint density at radius 3 is 2.63 bits per heavy atom. The number of imidazole rings is 1. The second kappa shape index (κ2) is 7.81. The average Bonchev–Trinajstić information content (AvgIpc) is 3.47. The van der Waals surface area contributed by atoms with Crippen molar-refractivity contribution in [1.29, 1.82) is 0 Å². The number of rotatable bonds is 4. The molecular weight excluding hydrogens is 469 g/mol. The maximum absolute atomic E-state index is 14.3. The Kier molecular flexibility index (Phi) is 4.93. The molecule has 2 aliphatic rings. The van der Waals surface area contributed by atoms with Crippen molar-refractivity contribution in [2.75, 3.05) is 0 Å². The molecule has 6 rings (SSSR count). The van der Waals surface area contributed by atoms with Gasteiger partial charge >= 0.3 is 0 Å². The number of nitrogens with zero attached hydrogens (tertiary/aromatic N) is 5. The Morgan fingerprint density at radius 2 is 1.94 bits per heavy atom. The molecule has 0 radical (unpaired) electrons. The molecule has 1 aliphatic carbocycles. The van der Waals surface area contributed by atoms with Gasteiger partial charge in [-0.15, -0.1) is 0 Å². The zero-order valence-corrected chi connectivity index (χ0v) is 20.5. The van der Waals surface area contributed by atoms with Gasteiger partial charge in [0.25, 0.3) is 11.5 Å². The van der Waals surface area contributed by atoms with E-state index in [2.05, 4.69) is 9.55 Å². The maximum Gasteiger partial charge on any atom is 0.275 e. The lowest BCUT2D eigenvalue weighted by molar-refractivity contribution is 0.0512. The number of pyridine rings is 1. The van der Waals surface area contributed by atoms with Gasteiger partial charge in [-0.3, -0.25) is 9.59 Å². The van der Waals surface area contributed by atoms with Gasteiger partial charge in [0, 0.05) is 36.4 Å². The van der Waals surface area contributed by atoms with Gasteiger partial charge in [-0.25, -0.2) is 9.37 Å². The Labute approximate surface area is 206 Å². The van der Waals surface area contributed by atoms with Gasteiger partial charge in [0.1, 0.15) is 17.2 Å². The fourth-order valence-corrected chi connectivity index (χ4v) is 5.50. The van der Waals surface area contributed by atoms with Gasteiger partial charge < -0.3 is 18.6 Å². The predicted molar refractivity (Wildman–Crippen MR) is 132 cm³/mol. The number of halogens is 2. The summed E-state index contributed by atoms with van der Waals surface area (Å²) in [6.45, 7) is 6.17. The third-order valence-corrected chi connectivity index (χ3v) is 7.52. The van der Waals surface area contributed by atoms with Gasteiger partial charge in [0.2, 0.25) is 0 Å². The topological polar surface area (TPSA) is 65.1 Å². The Bertz CT molecular complexity index is 1560. The minimum Gasteiger partial charge on any atom is -0.344 e. The normalized spacial score (nSPS) is 18.8. The van der Waals surface area contributed by atoms with Crippen LogP contribution in [0.5, 0.6) is 0 Å². The van der Waals surface area contributed by atoms with Crippen LogP contribution in [0.15, 0.2) is 47.8 Å². The first-order valence-corrected chi connectivity index (χ1v) is 12.2. The molecule has 9 heteroatoms. The van der Waals surface area contributed by atoms with Crippen molar-refractivity contribution < 1.29 is 9.18 Å². The Hall–Kier alpha value is -3.39. The highest BCUT2D eigenvalue weighted by molar-refractivity contribution is 6.31. The summed E-state index contributed by atoms with van der Waals surface area (Å²) < 4.78 is 19.7. The van der Waals surface area contributed by atoms with E-state index in [0.717, 1.165) is 35.0 Å². The monoisotopic (exact) mass is 493 g/mol. The molecule has 0 spiro atoms. The van der Waals surface area contributed by atoms with Crippen LogP contribution in [0, 0.1) is 12.7 Å². The van der Waals surface area contributed by atoms with Crippen LogP contribution in [0.1, 0.15) is 60.5 Å². The van der Waals surface area contributed by atoms with E-state index in [-0.39, 0.29) is 28.6 Å². The van der Waals surface area contributed by atoms with Gasteiger partial charge in [-0.2, -0.15) is 0 Å². The van der Waals surface area contributed by atoms with Crippen LogP contribution in [0.2, 0.25) is 5.02 Å². The molecule has 1 amide bonds. The van der Waals surface area contributed by atoms with Crippen LogP contribution in [-0.4, -0.2) is 35.5 Å². The molecule has 1 fully saturated rings. The first-order valence-electron chi connectivity index (χ1n) is 11.8. The summed E-state index contributed by atoms with van der Waals surface area (Å²) in [5.41, 5.74) is 3.12. The number of aromatic nitrogens is 4. The maximum atomic E-state index is 14.3. The van der Waals surface area contributed by atoms with Crippen molar-refractivity contribution >= 4 is 28.4 Å². The Morgan fingerprint density at radius 1 is 1.17 bits per heavy atom. The molecule has 0 saturated heterocycles. The van der Waals surface area contributed by atoms with Crippen molar-refractivity contribution in [2.45, 2.75) is 58.3 Å². The highest BCUT2D eigenvalue weighted by Gasteiger charge is 2.36. The smallest absolute Gasteiger partial charge is 0.275 e. The van der Waals surface area contributed by atoms with Crippen LogP contribution in [0.3, 0.4) is 0 Å². The summed E-state index contributed by atoms with van der Waals surface area (Å²) in [5.74, 6) is -0.653. The molecule has 1 aromatic carbocycles. The summed E-state index contributed by atoms with van der Waals surface area (Å²) in [7, 11) is 0. The fourth-order valence-electron chi connectivity index (χ4n) is 5.33. The van der Waals surface area contributed by atoms with E-state index in [1.165, 1.54) is 6.07 Å². The molecule has 0 N–H and O–H groups in total. The highest BCUT2D eigenvalue weighted by Crippen LogP contribution is 2.42. The predicted octanol–water partition coefficient (Wildman–Crippen LogP) is 5.03. The van der Waals surface area contributed by atoms with Crippen LogP contribution in [0.4, 0.5) is 4.39 Å². The SMILES string of the molecule is Cc1cn(-c2ccc3n(c2=O)CC(C)N(C(C)c2cn(C4CC4)c4cc(F)c(Cl)cc24)C3=O)cn1. The molecule has 2 unspecified atom stereocenters. The largest absolute Gasteiger partial charge is 0.344 e. The number of fused-ring (bicyclic) bond motifs is 2. The number of hydrogen-bond donors (Lipinski definition) is 0. The van der Waals surface area contributed by atoms with Gasteiger partial charge in [0.05, 0.1) is 28.6 Å². The van der Waals surface area contributed by atoms with Crippen LogP contribution < -0.4 is 5.56 Å². The number of benzene rings is 1. The van der Waals surface area contributed by atoms with E-state index in [1.807, 2.05) is 31.9 Å². The van der Waals surface area contributed by atoms with Crippen LogP contribution in [0.25, 0.3) is 16.6 Å². The molecule has 1 saturated carbocycles. The molecule has 7 nitrogen and oxygen atoms in total. The van der Waals surface area contributed by atoms with Gasteiger partial charge in [-0.05, 0) is 63.4 Å². The van der Waals surface area contributed by atoms with Crippen molar-refractivity contribution in [2.24, 2.45) is 0 Å². The highest BCUT2D eigenvalue weighted by atomic mass is 35.5. The molecule has 3 aromatic heterocycles. The number of amides is 1. The summed E-state index contributed by atoms with van der Waals surface area (Å²) >= 11 is 6.15. The summed E-state index contributed by atoms with van der Waals surface area (Å²) in [4.78, 5) is 33.0. The molecule has 4 aromatic rings. The minimum atomic E-state index is -0.446. The summed E-state index contributed by atoms with van der Waals surface area (Å²) in [6, 6.07) is 6.36. The molecule has 35 heavy (non-hydrogen) atoms. The Balaban J connectivity index is 1.42. The number of carbonyl (C=O) groups is 1. The minimum absolute atomic E-state index is 0.0664. The van der Waals surface area contributed by atoms with E-state index in [0.29, 0.717) is 24.0 Å². The fraction of sp³-hybridized carbons (Fsp3) is 0.346. The molecule has 1 aliphatic heterocycles.